The van der Waals surface area contributed by atoms with Crippen LogP contribution < -0.4 is 10.1 Å². The number of nitrogens with one attached hydrogen (secondary N) is 1. The number of benzene rings is 1. The molecule has 2 aromatic rings. The summed E-state index contributed by atoms with van der Waals surface area (Å²) in [5.74, 6) is 0.937. The summed E-state index contributed by atoms with van der Waals surface area (Å²) in [5.41, 5.74) is 0.938. The summed E-state index contributed by atoms with van der Waals surface area (Å²) in [5, 5.41) is 12.2. The van der Waals surface area contributed by atoms with Gasteiger partial charge in [0.2, 0.25) is 11.0 Å². The van der Waals surface area contributed by atoms with Crippen molar-refractivity contribution in [2.75, 3.05) is 11.9 Å². The van der Waals surface area contributed by atoms with Gasteiger partial charge in [-0.1, -0.05) is 50.7 Å². The lowest BCUT2D eigenvalue weighted by molar-refractivity contribution is -0.111. The van der Waals surface area contributed by atoms with Gasteiger partial charge in [-0.3, -0.25) is 10.1 Å². The molecule has 0 radical (unpaired) electrons. The summed E-state index contributed by atoms with van der Waals surface area (Å²) < 4.78 is 5.61. The predicted molar refractivity (Wildman–Crippen MR) is 98.5 cm³/mol. The van der Waals surface area contributed by atoms with Crippen molar-refractivity contribution < 1.29 is 9.53 Å². The summed E-state index contributed by atoms with van der Waals surface area (Å²) in [6.45, 7) is 6.95. The first-order valence-electron chi connectivity index (χ1n) is 8.13. The second kappa shape index (κ2) is 9.17. The Morgan fingerprint density at radius 3 is 2.67 bits per heavy atom. The minimum absolute atomic E-state index is 0.218. The Morgan fingerprint density at radius 1 is 1.29 bits per heavy atom. The third-order valence-electron chi connectivity index (χ3n) is 3.24. The number of hydrogen-bond acceptors (Lipinski definition) is 5. The number of carbonyl (C=O) groups excluding carboxylic acids is 1. The van der Waals surface area contributed by atoms with Crippen molar-refractivity contribution in [2.45, 2.75) is 39.5 Å². The van der Waals surface area contributed by atoms with Crippen LogP contribution in [0.3, 0.4) is 0 Å². The lowest BCUT2D eigenvalue weighted by Gasteiger charge is -2.04. The number of amides is 1. The highest BCUT2D eigenvalue weighted by Gasteiger charge is 2.08. The molecule has 1 N–H and O–H groups in total. The zero-order valence-corrected chi connectivity index (χ0v) is 15.1. The van der Waals surface area contributed by atoms with E-state index in [1.165, 1.54) is 17.4 Å². The number of ether oxygens (including phenoxy) is 1. The smallest absolute Gasteiger partial charge is 0.250 e. The maximum atomic E-state index is 11.9. The molecule has 0 saturated carbocycles. The third-order valence-corrected chi connectivity index (χ3v) is 4.38. The molecule has 1 heterocycles. The first kappa shape index (κ1) is 18.1. The molecular weight excluding hydrogens is 322 g/mol. The molecule has 1 amide bonds. The first-order chi connectivity index (χ1) is 11.6. The Balaban J connectivity index is 1.86. The van der Waals surface area contributed by atoms with Crippen LogP contribution in [0.15, 0.2) is 30.3 Å². The standard InChI is InChI=1S/C18H23N3O2S/c1-4-5-12-23-15-9-6-14(7-10-15)8-11-16(22)19-18-21-20-17(24-18)13(2)3/h6-11,13H,4-5,12H2,1-3H3,(H,19,21,22)/b11-8+. The maximum Gasteiger partial charge on any atom is 0.250 e. The van der Waals surface area contributed by atoms with Crippen molar-refractivity contribution in [3.63, 3.8) is 0 Å². The highest BCUT2D eigenvalue weighted by Crippen LogP contribution is 2.22. The normalized spacial score (nSPS) is 11.2. The van der Waals surface area contributed by atoms with E-state index in [0.29, 0.717) is 11.0 Å². The molecule has 2 rings (SSSR count). The first-order valence-corrected chi connectivity index (χ1v) is 8.95. The molecule has 128 valence electrons. The number of carbonyl (C=O) groups is 1. The van der Waals surface area contributed by atoms with Crippen LogP contribution >= 0.6 is 11.3 Å². The number of anilines is 1. The molecule has 0 aliphatic rings. The molecule has 1 aromatic carbocycles. The number of unbranched alkanes of at least 4 members (excludes halogenated alkanes) is 1. The van der Waals surface area contributed by atoms with Crippen LogP contribution in [-0.2, 0) is 4.79 Å². The Bertz CT molecular complexity index is 678. The zero-order chi connectivity index (χ0) is 17.4. The molecule has 0 fully saturated rings. The van der Waals surface area contributed by atoms with Gasteiger partial charge in [-0.25, -0.2) is 0 Å². The molecule has 0 spiro atoms. The number of aromatic nitrogens is 2. The lowest BCUT2D eigenvalue weighted by Crippen LogP contribution is -2.07. The average Bonchev–Trinajstić information content (AvgIpc) is 3.03. The quantitative estimate of drug-likeness (QED) is 0.565. The van der Waals surface area contributed by atoms with Gasteiger partial charge in [-0.05, 0) is 30.2 Å². The van der Waals surface area contributed by atoms with Gasteiger partial charge in [0.25, 0.3) is 0 Å². The van der Waals surface area contributed by atoms with E-state index < -0.39 is 0 Å². The van der Waals surface area contributed by atoms with E-state index in [-0.39, 0.29) is 5.91 Å². The van der Waals surface area contributed by atoms with Gasteiger partial charge in [0, 0.05) is 12.0 Å². The van der Waals surface area contributed by atoms with Crippen molar-refractivity contribution >= 4 is 28.5 Å². The fourth-order valence-corrected chi connectivity index (χ4v) is 2.60. The van der Waals surface area contributed by atoms with E-state index in [1.54, 1.807) is 6.08 Å². The van der Waals surface area contributed by atoms with Gasteiger partial charge in [0.15, 0.2) is 0 Å². The van der Waals surface area contributed by atoms with E-state index in [2.05, 4.69) is 22.4 Å². The second-order valence-electron chi connectivity index (χ2n) is 5.69. The largest absolute Gasteiger partial charge is 0.494 e. The summed E-state index contributed by atoms with van der Waals surface area (Å²) in [6.07, 6.45) is 5.41. The Labute approximate surface area is 146 Å². The maximum absolute atomic E-state index is 11.9. The molecule has 0 bridgehead atoms. The summed E-state index contributed by atoms with van der Waals surface area (Å²) in [7, 11) is 0. The van der Waals surface area contributed by atoms with E-state index in [0.717, 1.165) is 35.8 Å². The van der Waals surface area contributed by atoms with Gasteiger partial charge in [-0.2, -0.15) is 0 Å². The van der Waals surface area contributed by atoms with E-state index >= 15 is 0 Å². The predicted octanol–water partition coefficient (Wildman–Crippen LogP) is 4.49. The van der Waals surface area contributed by atoms with Crippen LogP contribution in [0, 0.1) is 0 Å². The SMILES string of the molecule is CCCCOc1ccc(/C=C/C(=O)Nc2nnc(C(C)C)s2)cc1. The number of hydrogen-bond donors (Lipinski definition) is 1. The monoisotopic (exact) mass is 345 g/mol. The Hall–Kier alpha value is -2.21. The topological polar surface area (TPSA) is 64.1 Å². The van der Waals surface area contributed by atoms with E-state index in [4.69, 9.17) is 4.74 Å². The van der Waals surface area contributed by atoms with Crippen molar-refractivity contribution in [3.05, 3.63) is 40.9 Å². The minimum Gasteiger partial charge on any atom is -0.494 e. The molecule has 0 aliphatic heterocycles. The molecule has 1 aromatic heterocycles. The number of nitrogens with zero attached hydrogens (tertiary/aromatic N) is 2. The molecular formula is C18H23N3O2S. The van der Waals surface area contributed by atoms with Crippen molar-refractivity contribution in [3.8, 4) is 5.75 Å². The molecule has 0 saturated heterocycles. The van der Waals surface area contributed by atoms with E-state index in [1.807, 2.05) is 38.1 Å². The van der Waals surface area contributed by atoms with Crippen LogP contribution in [0.5, 0.6) is 5.75 Å². The highest BCUT2D eigenvalue weighted by atomic mass is 32.1. The van der Waals surface area contributed by atoms with Gasteiger partial charge in [0.1, 0.15) is 10.8 Å². The van der Waals surface area contributed by atoms with Crippen molar-refractivity contribution in [1.82, 2.24) is 10.2 Å². The van der Waals surface area contributed by atoms with Crippen LogP contribution in [0.1, 0.15) is 50.1 Å². The molecule has 6 heteroatoms. The fourth-order valence-electron chi connectivity index (χ4n) is 1.85. The Morgan fingerprint density at radius 2 is 2.04 bits per heavy atom. The minimum atomic E-state index is -0.218. The fraction of sp³-hybridized carbons (Fsp3) is 0.389. The van der Waals surface area contributed by atoms with Crippen LogP contribution in [0.4, 0.5) is 5.13 Å². The van der Waals surface area contributed by atoms with Crippen LogP contribution in [0.25, 0.3) is 6.08 Å². The van der Waals surface area contributed by atoms with Crippen molar-refractivity contribution in [2.24, 2.45) is 0 Å². The molecule has 0 unspecified atom stereocenters. The zero-order valence-electron chi connectivity index (χ0n) is 14.3. The molecule has 5 nitrogen and oxygen atoms in total. The number of rotatable bonds is 8. The van der Waals surface area contributed by atoms with Crippen molar-refractivity contribution in [1.29, 1.82) is 0 Å². The third kappa shape index (κ3) is 5.77. The van der Waals surface area contributed by atoms with Gasteiger partial charge >= 0.3 is 0 Å². The van der Waals surface area contributed by atoms with Crippen LogP contribution in [0.2, 0.25) is 0 Å². The van der Waals surface area contributed by atoms with Gasteiger partial charge in [-0.15, -0.1) is 10.2 Å². The summed E-state index contributed by atoms with van der Waals surface area (Å²) in [6, 6.07) is 7.67. The highest BCUT2D eigenvalue weighted by molar-refractivity contribution is 7.15. The lowest BCUT2D eigenvalue weighted by atomic mass is 10.2. The van der Waals surface area contributed by atoms with Crippen LogP contribution in [-0.4, -0.2) is 22.7 Å². The molecule has 24 heavy (non-hydrogen) atoms. The summed E-state index contributed by atoms with van der Waals surface area (Å²) in [4.78, 5) is 11.9. The van der Waals surface area contributed by atoms with Gasteiger partial charge in [0.05, 0.1) is 6.61 Å². The van der Waals surface area contributed by atoms with E-state index in [9.17, 15) is 4.79 Å². The Kier molecular flexibility index (Phi) is 6.93. The molecule has 0 aliphatic carbocycles. The summed E-state index contributed by atoms with van der Waals surface area (Å²) >= 11 is 1.40. The average molecular weight is 345 g/mol. The molecule has 0 atom stereocenters. The second-order valence-corrected chi connectivity index (χ2v) is 6.70. The van der Waals surface area contributed by atoms with Gasteiger partial charge < -0.3 is 4.74 Å².